The first-order valence-electron chi connectivity index (χ1n) is 7.75. The lowest BCUT2D eigenvalue weighted by Gasteiger charge is -2.38. The second kappa shape index (κ2) is 6.46. The second-order valence-corrected chi connectivity index (χ2v) is 6.45. The first-order valence-corrected chi connectivity index (χ1v) is 7.75. The van der Waals surface area contributed by atoms with Crippen molar-refractivity contribution in [2.75, 3.05) is 26.2 Å². The van der Waals surface area contributed by atoms with Crippen LogP contribution in [0.5, 0.6) is 0 Å². The molecule has 0 unspecified atom stereocenters. The fourth-order valence-electron chi connectivity index (χ4n) is 3.28. The monoisotopic (exact) mass is 282 g/mol. The van der Waals surface area contributed by atoms with Crippen molar-refractivity contribution in [2.45, 2.75) is 39.5 Å². The summed E-state index contributed by atoms with van der Waals surface area (Å²) in [6.45, 7) is 7.36. The number of hydrogen-bond donors (Lipinski definition) is 1. The zero-order valence-electron chi connectivity index (χ0n) is 12.5. The molecule has 5 heteroatoms. The quantitative estimate of drug-likeness (QED) is 0.845. The van der Waals surface area contributed by atoms with E-state index in [1.54, 1.807) is 0 Å². The van der Waals surface area contributed by atoms with Gasteiger partial charge < -0.3 is 14.9 Å². The standard InChI is InChI=1S/C15H26N2O3/c1-11(2)12-3-7-16(8-4-12)15(20)17-9-5-13(6-10-17)14(18)19/h11-13H,3-10H2,1-2H3,(H,18,19). The summed E-state index contributed by atoms with van der Waals surface area (Å²) in [6, 6.07) is 0.107. The van der Waals surface area contributed by atoms with E-state index in [0.717, 1.165) is 31.8 Å². The predicted molar refractivity (Wildman–Crippen MR) is 76.5 cm³/mol. The molecule has 2 heterocycles. The van der Waals surface area contributed by atoms with Gasteiger partial charge in [-0.2, -0.15) is 0 Å². The van der Waals surface area contributed by atoms with E-state index in [1.165, 1.54) is 0 Å². The fourth-order valence-corrected chi connectivity index (χ4v) is 3.28. The van der Waals surface area contributed by atoms with Gasteiger partial charge in [0.1, 0.15) is 0 Å². The number of carbonyl (C=O) groups excluding carboxylic acids is 1. The molecule has 2 saturated heterocycles. The minimum Gasteiger partial charge on any atom is -0.481 e. The van der Waals surface area contributed by atoms with Crippen LogP contribution in [0.4, 0.5) is 4.79 Å². The largest absolute Gasteiger partial charge is 0.481 e. The molecule has 114 valence electrons. The molecule has 2 rings (SSSR count). The van der Waals surface area contributed by atoms with Crippen molar-refractivity contribution < 1.29 is 14.7 Å². The molecule has 5 nitrogen and oxygen atoms in total. The van der Waals surface area contributed by atoms with E-state index in [-0.39, 0.29) is 11.9 Å². The van der Waals surface area contributed by atoms with Crippen LogP contribution in [0.1, 0.15) is 39.5 Å². The van der Waals surface area contributed by atoms with Crippen LogP contribution in [-0.2, 0) is 4.79 Å². The van der Waals surface area contributed by atoms with Crippen molar-refractivity contribution in [3.05, 3.63) is 0 Å². The minimum absolute atomic E-state index is 0.107. The molecular formula is C15H26N2O3. The third kappa shape index (κ3) is 3.44. The first-order chi connectivity index (χ1) is 9.49. The smallest absolute Gasteiger partial charge is 0.319 e. The van der Waals surface area contributed by atoms with Gasteiger partial charge in [0.15, 0.2) is 0 Å². The Bertz CT molecular complexity index is 354. The van der Waals surface area contributed by atoms with Gasteiger partial charge in [0.25, 0.3) is 0 Å². The number of piperidine rings is 2. The lowest BCUT2D eigenvalue weighted by molar-refractivity contribution is -0.143. The van der Waals surface area contributed by atoms with Gasteiger partial charge >= 0.3 is 12.0 Å². The molecule has 0 aromatic rings. The summed E-state index contributed by atoms with van der Waals surface area (Å²) in [6.07, 6.45) is 3.36. The van der Waals surface area contributed by atoms with Gasteiger partial charge in [-0.05, 0) is 37.5 Å². The summed E-state index contributed by atoms with van der Waals surface area (Å²) in [7, 11) is 0. The Kier molecular flexibility index (Phi) is 4.89. The highest BCUT2D eigenvalue weighted by atomic mass is 16.4. The molecule has 1 N–H and O–H groups in total. The van der Waals surface area contributed by atoms with E-state index in [4.69, 9.17) is 5.11 Å². The van der Waals surface area contributed by atoms with E-state index in [1.807, 2.05) is 9.80 Å². The summed E-state index contributed by atoms with van der Waals surface area (Å²) < 4.78 is 0. The Morgan fingerprint density at radius 1 is 0.950 bits per heavy atom. The molecule has 2 amide bonds. The van der Waals surface area contributed by atoms with E-state index >= 15 is 0 Å². The maximum atomic E-state index is 12.4. The van der Waals surface area contributed by atoms with Crippen LogP contribution < -0.4 is 0 Å². The number of nitrogens with zero attached hydrogens (tertiary/aromatic N) is 2. The minimum atomic E-state index is -0.727. The van der Waals surface area contributed by atoms with Crippen LogP contribution in [0.25, 0.3) is 0 Å². The van der Waals surface area contributed by atoms with Crippen molar-refractivity contribution >= 4 is 12.0 Å². The highest BCUT2D eigenvalue weighted by Crippen LogP contribution is 2.26. The second-order valence-electron chi connectivity index (χ2n) is 6.45. The summed E-state index contributed by atoms with van der Waals surface area (Å²) in [5.74, 6) is 0.427. The Morgan fingerprint density at radius 3 is 1.80 bits per heavy atom. The van der Waals surface area contributed by atoms with Gasteiger partial charge in [-0.1, -0.05) is 13.8 Å². The van der Waals surface area contributed by atoms with E-state index in [0.29, 0.717) is 31.8 Å². The molecule has 0 atom stereocenters. The van der Waals surface area contributed by atoms with Crippen LogP contribution in [0, 0.1) is 17.8 Å². The molecule has 0 spiro atoms. The number of urea groups is 1. The van der Waals surface area contributed by atoms with Crippen molar-refractivity contribution in [2.24, 2.45) is 17.8 Å². The highest BCUT2D eigenvalue weighted by Gasteiger charge is 2.31. The number of amides is 2. The van der Waals surface area contributed by atoms with Crippen molar-refractivity contribution in [3.8, 4) is 0 Å². The molecule has 0 aromatic carbocycles. The van der Waals surface area contributed by atoms with Crippen LogP contribution in [0.15, 0.2) is 0 Å². The van der Waals surface area contributed by atoms with Crippen LogP contribution in [0.3, 0.4) is 0 Å². The number of rotatable bonds is 2. The van der Waals surface area contributed by atoms with E-state index < -0.39 is 5.97 Å². The van der Waals surface area contributed by atoms with Gasteiger partial charge in [0, 0.05) is 26.2 Å². The topological polar surface area (TPSA) is 60.9 Å². The summed E-state index contributed by atoms with van der Waals surface area (Å²) in [5.41, 5.74) is 0. The molecule has 0 bridgehead atoms. The number of carbonyl (C=O) groups is 2. The number of hydrogen-bond acceptors (Lipinski definition) is 2. The maximum absolute atomic E-state index is 12.4. The molecule has 20 heavy (non-hydrogen) atoms. The van der Waals surface area contributed by atoms with Gasteiger partial charge in [0.05, 0.1) is 5.92 Å². The third-order valence-corrected chi connectivity index (χ3v) is 4.87. The third-order valence-electron chi connectivity index (χ3n) is 4.87. The molecule has 0 aliphatic carbocycles. The molecule has 0 saturated carbocycles. The van der Waals surface area contributed by atoms with Crippen LogP contribution >= 0.6 is 0 Å². The zero-order chi connectivity index (χ0) is 14.7. The average Bonchev–Trinajstić information content (AvgIpc) is 2.46. The van der Waals surface area contributed by atoms with Crippen molar-refractivity contribution in [1.29, 1.82) is 0 Å². The molecule has 2 aliphatic heterocycles. The maximum Gasteiger partial charge on any atom is 0.319 e. The fraction of sp³-hybridized carbons (Fsp3) is 0.867. The Morgan fingerprint density at radius 2 is 1.40 bits per heavy atom. The highest BCUT2D eigenvalue weighted by molar-refractivity contribution is 5.75. The predicted octanol–water partition coefficient (Wildman–Crippen LogP) is 2.27. The Labute approximate surface area is 120 Å². The van der Waals surface area contributed by atoms with E-state index in [9.17, 15) is 9.59 Å². The number of carboxylic acid groups (broad SMARTS) is 1. The number of likely N-dealkylation sites (tertiary alicyclic amines) is 2. The average molecular weight is 282 g/mol. The molecule has 0 radical (unpaired) electrons. The Hall–Kier alpha value is -1.26. The van der Waals surface area contributed by atoms with Gasteiger partial charge in [0.2, 0.25) is 0 Å². The SMILES string of the molecule is CC(C)C1CCN(C(=O)N2CCC(C(=O)O)CC2)CC1. The molecular weight excluding hydrogens is 256 g/mol. The van der Waals surface area contributed by atoms with E-state index in [2.05, 4.69) is 13.8 Å². The molecule has 2 fully saturated rings. The van der Waals surface area contributed by atoms with Crippen LogP contribution in [0.2, 0.25) is 0 Å². The zero-order valence-corrected chi connectivity index (χ0v) is 12.5. The van der Waals surface area contributed by atoms with Crippen molar-refractivity contribution in [1.82, 2.24) is 9.80 Å². The Balaban J connectivity index is 1.80. The summed E-state index contributed by atoms with van der Waals surface area (Å²) in [5, 5.41) is 8.98. The number of carboxylic acids is 1. The lowest BCUT2D eigenvalue weighted by atomic mass is 9.87. The molecule has 0 aromatic heterocycles. The number of aliphatic carboxylic acids is 1. The van der Waals surface area contributed by atoms with Gasteiger partial charge in [-0.25, -0.2) is 4.79 Å². The first kappa shape index (κ1) is 15.1. The van der Waals surface area contributed by atoms with Gasteiger partial charge in [-0.3, -0.25) is 4.79 Å². The van der Waals surface area contributed by atoms with Gasteiger partial charge in [-0.15, -0.1) is 0 Å². The normalized spacial score (nSPS) is 22.4. The molecule has 2 aliphatic rings. The van der Waals surface area contributed by atoms with Crippen LogP contribution in [-0.4, -0.2) is 53.1 Å². The lowest BCUT2D eigenvalue weighted by Crippen LogP contribution is -2.50. The summed E-state index contributed by atoms with van der Waals surface area (Å²) >= 11 is 0. The summed E-state index contributed by atoms with van der Waals surface area (Å²) in [4.78, 5) is 27.1. The van der Waals surface area contributed by atoms with Crippen molar-refractivity contribution in [3.63, 3.8) is 0 Å².